The van der Waals surface area contributed by atoms with Crippen molar-refractivity contribution in [1.29, 1.82) is 0 Å². The largest absolute Gasteiger partial charge is 0.487 e. The van der Waals surface area contributed by atoms with E-state index >= 15 is 0 Å². The molecular weight excluding hydrogens is 587 g/mol. The molecule has 3 aromatic rings. The molecule has 1 N–H and O–H groups in total. The van der Waals surface area contributed by atoms with Gasteiger partial charge in [0.05, 0.1) is 41.3 Å². The fraction of sp³-hybridized carbons (Fsp3) is 0.500. The van der Waals surface area contributed by atoms with Gasteiger partial charge in [-0.15, -0.1) is 15.6 Å². The third kappa shape index (κ3) is 10.6. The van der Waals surface area contributed by atoms with Gasteiger partial charge < -0.3 is 29.0 Å². The number of aryl methyl sites for hydroxylation is 1. The smallest absolute Gasteiger partial charge is 0.407 e. The van der Waals surface area contributed by atoms with Crippen LogP contribution in [0.25, 0.3) is 0 Å². The van der Waals surface area contributed by atoms with Crippen LogP contribution in [0, 0.1) is 12.8 Å². The van der Waals surface area contributed by atoms with Crippen molar-refractivity contribution in [3.63, 3.8) is 0 Å². The number of aromatic nitrogens is 1. The number of carbonyl (C=O) groups is 1. The highest BCUT2D eigenvalue weighted by atomic mass is 32.2. The lowest BCUT2D eigenvalue weighted by Crippen LogP contribution is -2.51. The molecule has 0 aliphatic carbocycles. The van der Waals surface area contributed by atoms with Gasteiger partial charge >= 0.3 is 6.09 Å². The Morgan fingerprint density at radius 3 is 2.51 bits per heavy atom. The van der Waals surface area contributed by atoms with E-state index in [-0.39, 0.29) is 18.9 Å². The Morgan fingerprint density at radius 1 is 1.12 bits per heavy atom. The van der Waals surface area contributed by atoms with E-state index in [9.17, 15) is 4.79 Å². The van der Waals surface area contributed by atoms with Crippen LogP contribution in [0.1, 0.15) is 50.9 Å². The number of nitrogens with one attached hydrogen (secondary N) is 1. The van der Waals surface area contributed by atoms with Gasteiger partial charge in [0.15, 0.2) is 16.4 Å². The summed E-state index contributed by atoms with van der Waals surface area (Å²) in [6.45, 7) is 14.1. The number of benzene rings is 2. The maximum Gasteiger partial charge on any atom is 0.407 e. The molecule has 11 heteroatoms. The van der Waals surface area contributed by atoms with E-state index in [1.807, 2.05) is 69.5 Å². The minimum absolute atomic E-state index is 0.244. The van der Waals surface area contributed by atoms with E-state index in [1.54, 1.807) is 18.4 Å². The van der Waals surface area contributed by atoms with Gasteiger partial charge in [-0.1, -0.05) is 26.0 Å². The van der Waals surface area contributed by atoms with Crippen LogP contribution in [0.15, 0.2) is 52.7 Å². The molecule has 2 aromatic carbocycles. The summed E-state index contributed by atoms with van der Waals surface area (Å²) in [5.74, 6) is 2.72. The molecule has 43 heavy (non-hydrogen) atoms. The third-order valence-electron chi connectivity index (χ3n) is 6.47. The summed E-state index contributed by atoms with van der Waals surface area (Å²) in [7, 11) is 1.69. The van der Waals surface area contributed by atoms with Gasteiger partial charge in [-0.2, -0.15) is 0 Å². The molecule has 4 rings (SSSR count). The first-order chi connectivity index (χ1) is 20.5. The van der Waals surface area contributed by atoms with E-state index in [1.165, 1.54) is 0 Å². The van der Waals surface area contributed by atoms with Crippen molar-refractivity contribution in [1.82, 2.24) is 14.6 Å². The van der Waals surface area contributed by atoms with Crippen LogP contribution in [-0.2, 0) is 34.4 Å². The molecule has 0 saturated heterocycles. The van der Waals surface area contributed by atoms with Crippen molar-refractivity contribution in [3.8, 4) is 17.2 Å². The molecule has 2 atom stereocenters. The number of nitrogens with zero attached hydrogens (tertiary/aromatic N) is 2. The van der Waals surface area contributed by atoms with Gasteiger partial charge in [-0.05, 0) is 69.9 Å². The lowest BCUT2D eigenvalue weighted by molar-refractivity contribution is 0.0284. The lowest BCUT2D eigenvalue weighted by atomic mass is 10.0. The third-order valence-corrected chi connectivity index (χ3v) is 8.41. The first kappa shape index (κ1) is 32.9. The highest BCUT2D eigenvalue weighted by Crippen LogP contribution is 2.33. The SMILES string of the molecule is COC(CN(CC(C)C)[SH+]c1ccc2c(c1)OCO2)[C@H](Cc1ccc(OCc2csc(C)n2)cc1)NC(=O)OC(C)(C)C. The van der Waals surface area contributed by atoms with Crippen LogP contribution in [0.4, 0.5) is 4.79 Å². The van der Waals surface area contributed by atoms with Crippen molar-refractivity contribution in [3.05, 3.63) is 64.1 Å². The molecule has 0 fully saturated rings. The Morgan fingerprint density at radius 2 is 1.86 bits per heavy atom. The van der Waals surface area contributed by atoms with Crippen LogP contribution >= 0.6 is 11.3 Å². The quantitative estimate of drug-likeness (QED) is 0.173. The van der Waals surface area contributed by atoms with Crippen molar-refractivity contribution in [2.75, 3.05) is 27.0 Å². The molecule has 1 aliphatic rings. The molecule has 1 unspecified atom stereocenters. The fourth-order valence-corrected chi connectivity index (χ4v) is 6.49. The summed E-state index contributed by atoms with van der Waals surface area (Å²) >= 11 is 2.63. The summed E-state index contributed by atoms with van der Waals surface area (Å²) in [5.41, 5.74) is 1.35. The summed E-state index contributed by atoms with van der Waals surface area (Å²) in [6.07, 6.45) is -0.224. The number of fused-ring (bicyclic) bond motifs is 1. The second-order valence-electron chi connectivity index (χ2n) is 11.9. The fourth-order valence-electron chi connectivity index (χ4n) is 4.60. The monoisotopic (exact) mass is 630 g/mol. The highest BCUT2D eigenvalue weighted by molar-refractivity contribution is 7.76. The molecule has 1 aliphatic heterocycles. The number of ether oxygens (including phenoxy) is 5. The van der Waals surface area contributed by atoms with Crippen LogP contribution in [0.2, 0.25) is 0 Å². The van der Waals surface area contributed by atoms with E-state index < -0.39 is 11.7 Å². The Labute approximate surface area is 263 Å². The van der Waals surface area contributed by atoms with Crippen molar-refractivity contribution in [2.24, 2.45) is 5.92 Å². The predicted octanol–water partition coefficient (Wildman–Crippen LogP) is 5.96. The zero-order valence-electron chi connectivity index (χ0n) is 26.1. The van der Waals surface area contributed by atoms with Crippen LogP contribution in [-0.4, -0.2) is 60.1 Å². The molecule has 0 bridgehead atoms. The van der Waals surface area contributed by atoms with E-state index in [4.69, 9.17) is 23.7 Å². The maximum absolute atomic E-state index is 13.0. The summed E-state index contributed by atoms with van der Waals surface area (Å²) in [4.78, 5) is 18.5. The predicted molar refractivity (Wildman–Crippen MR) is 171 cm³/mol. The molecular formula is C32H44N3O6S2+. The maximum atomic E-state index is 13.0. The topological polar surface area (TPSA) is 91.4 Å². The number of alkyl carbamates (subject to hydrolysis) is 1. The van der Waals surface area contributed by atoms with Gasteiger partial charge in [0.2, 0.25) is 6.79 Å². The van der Waals surface area contributed by atoms with Crippen LogP contribution in [0.5, 0.6) is 17.2 Å². The molecule has 0 radical (unpaired) electrons. The molecule has 0 saturated carbocycles. The standard InChI is InChI=1S/C32H43N3O6S2/c1-21(2)16-35(43-26-12-13-28-29(15-26)40-20-39-28)17-30(37-7)27(34-31(36)41-32(4,5)6)14-23-8-10-25(11-9-23)38-18-24-19-42-22(3)33-24/h8-13,15,19,21,27,30H,14,16-18,20H2,1-7H3,(H,34,36)/p+1/t27-,30?/m0/s1. The van der Waals surface area contributed by atoms with E-state index in [2.05, 4.69) is 34.5 Å². The minimum Gasteiger partial charge on any atom is -0.487 e. The number of hydrogen-bond acceptors (Lipinski definition) is 9. The van der Waals surface area contributed by atoms with Gasteiger partial charge in [0, 0.05) is 25.1 Å². The minimum atomic E-state index is -0.617. The second-order valence-corrected chi connectivity index (χ2v) is 14.3. The number of hydrogen-bond donors (Lipinski definition) is 1. The first-order valence-corrected chi connectivity index (χ1v) is 16.2. The van der Waals surface area contributed by atoms with Crippen molar-refractivity contribution < 1.29 is 28.5 Å². The Balaban J connectivity index is 1.48. The highest BCUT2D eigenvalue weighted by Gasteiger charge is 2.31. The average Bonchev–Trinajstić information content (AvgIpc) is 3.57. The Kier molecular flexibility index (Phi) is 11.6. The molecule has 1 aromatic heterocycles. The summed E-state index contributed by atoms with van der Waals surface area (Å²) < 4.78 is 31.0. The van der Waals surface area contributed by atoms with Crippen LogP contribution in [0.3, 0.4) is 0 Å². The first-order valence-electron chi connectivity index (χ1n) is 14.5. The number of carbonyl (C=O) groups excluding carboxylic acids is 1. The van der Waals surface area contributed by atoms with Gasteiger partial charge in [-0.3, -0.25) is 0 Å². The number of methoxy groups -OCH3 is 1. The lowest BCUT2D eigenvalue weighted by Gasteiger charge is -2.30. The zero-order chi connectivity index (χ0) is 31.0. The van der Waals surface area contributed by atoms with Crippen molar-refractivity contribution in [2.45, 2.75) is 77.2 Å². The van der Waals surface area contributed by atoms with Gasteiger partial charge in [0.25, 0.3) is 0 Å². The van der Waals surface area contributed by atoms with Gasteiger partial charge in [0.1, 0.15) is 18.0 Å². The molecule has 1 amide bonds. The number of thiazole rings is 1. The van der Waals surface area contributed by atoms with E-state index in [0.29, 0.717) is 25.5 Å². The molecule has 0 spiro atoms. The normalized spacial score (nSPS) is 14.2. The number of rotatable bonds is 14. The van der Waals surface area contributed by atoms with Crippen molar-refractivity contribution >= 4 is 29.4 Å². The van der Waals surface area contributed by atoms with Gasteiger partial charge in [-0.25, -0.2) is 9.78 Å². The summed E-state index contributed by atoms with van der Waals surface area (Å²) in [6, 6.07) is 13.6. The summed E-state index contributed by atoms with van der Waals surface area (Å²) in [5, 5.41) is 6.13. The number of thiol groups is 1. The Hall–Kier alpha value is -2.99. The van der Waals surface area contributed by atoms with E-state index in [0.717, 1.165) is 56.9 Å². The van der Waals surface area contributed by atoms with Crippen LogP contribution < -0.4 is 19.5 Å². The zero-order valence-corrected chi connectivity index (χ0v) is 27.8. The Bertz CT molecular complexity index is 1330. The second kappa shape index (κ2) is 15.1. The molecule has 2 heterocycles. The molecule has 234 valence electrons. The average molecular weight is 631 g/mol. The molecule has 9 nitrogen and oxygen atoms in total. The number of amides is 1.